The van der Waals surface area contributed by atoms with Gasteiger partial charge in [-0.2, -0.15) is 0 Å². The fourth-order valence-electron chi connectivity index (χ4n) is 8.42. The van der Waals surface area contributed by atoms with Crippen molar-refractivity contribution in [2.45, 2.75) is 196 Å². The molecule has 0 heterocycles. The van der Waals surface area contributed by atoms with E-state index in [0.29, 0.717) is 50.4 Å². The van der Waals surface area contributed by atoms with E-state index in [9.17, 15) is 10.2 Å². The summed E-state index contributed by atoms with van der Waals surface area (Å²) in [4.78, 5) is 0. The third kappa shape index (κ3) is 11.7. The molecule has 4 aromatic carbocycles. The summed E-state index contributed by atoms with van der Waals surface area (Å²) in [6, 6.07) is 18.2. The van der Waals surface area contributed by atoms with Gasteiger partial charge < -0.3 is 19.7 Å². The van der Waals surface area contributed by atoms with E-state index in [1.54, 1.807) is 0 Å². The zero-order chi connectivity index (χ0) is 44.2. The standard InChI is InChI=1S/C56H80O4/c1-15-17-19-21-23-59-51-41-25-37-29-45(53(3,4)5)31-39(49(37)57)27-43-35-48(56(12,13)14)36-44(52(43)60-24-22-20-18-16-2)28-40-32-46(54(6,7)8)30-38(50(40)58)26-42(51)34-47(33-41)55(9,10)11/h29-36,57-58H,15-28H2,1-14H3. The number of fused-ring (bicyclic) bond motifs is 8. The van der Waals surface area contributed by atoms with Crippen LogP contribution >= 0.6 is 0 Å². The summed E-state index contributed by atoms with van der Waals surface area (Å²) in [6.07, 6.45) is 11.0. The van der Waals surface area contributed by atoms with E-state index < -0.39 is 0 Å². The van der Waals surface area contributed by atoms with Crippen molar-refractivity contribution >= 4 is 0 Å². The molecular formula is C56H80O4. The number of phenolic OH excluding ortho intramolecular Hbond substituents is 2. The Morgan fingerprint density at radius 3 is 0.817 bits per heavy atom. The van der Waals surface area contributed by atoms with E-state index in [2.05, 4.69) is 145 Å². The highest BCUT2D eigenvalue weighted by atomic mass is 16.5. The minimum Gasteiger partial charge on any atom is -0.507 e. The first kappa shape index (κ1) is 47.1. The Morgan fingerprint density at radius 1 is 0.367 bits per heavy atom. The van der Waals surface area contributed by atoms with Gasteiger partial charge in [-0.3, -0.25) is 0 Å². The van der Waals surface area contributed by atoms with Crippen molar-refractivity contribution < 1.29 is 19.7 Å². The van der Waals surface area contributed by atoms with Gasteiger partial charge in [-0.05, 0) is 101 Å². The number of unbranched alkanes of at least 4 members (excludes halogenated alkanes) is 6. The molecule has 0 atom stereocenters. The molecule has 4 nitrogen and oxygen atoms in total. The molecule has 0 fully saturated rings. The lowest BCUT2D eigenvalue weighted by molar-refractivity contribution is 0.299. The Bertz CT molecular complexity index is 1840. The van der Waals surface area contributed by atoms with E-state index >= 15 is 0 Å². The number of ether oxygens (including phenoxy) is 2. The Morgan fingerprint density at radius 2 is 0.600 bits per heavy atom. The maximum absolute atomic E-state index is 12.5. The minimum atomic E-state index is -0.142. The Hall–Kier alpha value is -3.92. The van der Waals surface area contributed by atoms with Gasteiger partial charge in [0.05, 0.1) is 13.2 Å². The summed E-state index contributed by atoms with van der Waals surface area (Å²) in [5.41, 5.74) is 12.2. The first-order valence-electron chi connectivity index (χ1n) is 23.3. The second-order valence-corrected chi connectivity index (χ2v) is 22.1. The van der Waals surface area contributed by atoms with Crippen LogP contribution in [0, 0.1) is 0 Å². The van der Waals surface area contributed by atoms with Crippen LogP contribution in [-0.2, 0) is 47.3 Å². The molecule has 8 bridgehead atoms. The topological polar surface area (TPSA) is 58.9 Å². The van der Waals surface area contributed by atoms with Crippen molar-refractivity contribution in [3.63, 3.8) is 0 Å². The van der Waals surface area contributed by atoms with Crippen LogP contribution in [-0.4, -0.2) is 23.4 Å². The van der Waals surface area contributed by atoms with Crippen LogP contribution < -0.4 is 9.47 Å². The van der Waals surface area contributed by atoms with Crippen LogP contribution in [0.25, 0.3) is 0 Å². The SMILES string of the molecule is CCCCCCOc1c2cc(C(C)(C)C)cc1Cc1cc(C(C)(C)C)cc(c1O)Cc1cc(C(C)(C)C)cc(c1OCCCCCC)Cc1cc(C(C)(C)C)cc(c1O)C2. The molecule has 0 spiro atoms. The van der Waals surface area contributed by atoms with Gasteiger partial charge in [0.25, 0.3) is 0 Å². The summed E-state index contributed by atoms with van der Waals surface area (Å²) in [5, 5.41) is 25.1. The van der Waals surface area contributed by atoms with Gasteiger partial charge in [-0.15, -0.1) is 0 Å². The zero-order valence-corrected chi connectivity index (χ0v) is 40.2. The highest BCUT2D eigenvalue weighted by molar-refractivity contribution is 5.59. The molecule has 60 heavy (non-hydrogen) atoms. The summed E-state index contributed by atoms with van der Waals surface area (Å²) < 4.78 is 13.8. The molecule has 0 aromatic heterocycles. The number of hydrogen-bond acceptors (Lipinski definition) is 4. The number of rotatable bonds is 12. The van der Waals surface area contributed by atoms with E-state index in [0.717, 1.165) is 81.7 Å². The lowest BCUT2D eigenvalue weighted by atomic mass is 9.79. The summed E-state index contributed by atoms with van der Waals surface area (Å²) in [7, 11) is 0. The number of aromatic hydroxyl groups is 2. The molecule has 0 radical (unpaired) electrons. The Balaban J connectivity index is 1.88. The smallest absolute Gasteiger partial charge is 0.126 e. The van der Waals surface area contributed by atoms with Crippen molar-refractivity contribution in [1.29, 1.82) is 0 Å². The van der Waals surface area contributed by atoms with Gasteiger partial charge in [0.2, 0.25) is 0 Å². The molecule has 0 unspecified atom stereocenters. The molecule has 1 aliphatic rings. The van der Waals surface area contributed by atoms with Gasteiger partial charge in [0, 0.05) is 25.7 Å². The summed E-state index contributed by atoms with van der Waals surface area (Å²) >= 11 is 0. The van der Waals surface area contributed by atoms with Crippen LogP contribution in [0.5, 0.6) is 23.0 Å². The second-order valence-electron chi connectivity index (χ2n) is 22.1. The van der Waals surface area contributed by atoms with E-state index in [1.807, 2.05) is 0 Å². The summed E-state index contributed by atoms with van der Waals surface area (Å²) in [6.45, 7) is 32.9. The lowest BCUT2D eigenvalue weighted by Crippen LogP contribution is -2.17. The quantitative estimate of drug-likeness (QED) is 0.123. The first-order valence-corrected chi connectivity index (χ1v) is 23.3. The molecule has 0 saturated heterocycles. The van der Waals surface area contributed by atoms with Gasteiger partial charge in [0.15, 0.2) is 0 Å². The number of hydrogen-bond donors (Lipinski definition) is 2. The molecule has 328 valence electrons. The van der Waals surface area contributed by atoms with Gasteiger partial charge >= 0.3 is 0 Å². The number of benzene rings is 4. The molecule has 1 aliphatic carbocycles. The highest BCUT2D eigenvalue weighted by Crippen LogP contribution is 2.44. The molecule has 0 saturated carbocycles. The van der Waals surface area contributed by atoms with E-state index in [-0.39, 0.29) is 21.7 Å². The van der Waals surface area contributed by atoms with Crippen LogP contribution in [0.15, 0.2) is 48.5 Å². The first-order chi connectivity index (χ1) is 28.0. The van der Waals surface area contributed by atoms with Crippen LogP contribution in [0.3, 0.4) is 0 Å². The normalized spacial score (nSPS) is 13.7. The Kier molecular flexibility index (Phi) is 14.9. The predicted octanol–water partition coefficient (Wildman–Crippen LogP) is 14.9. The monoisotopic (exact) mass is 817 g/mol. The molecule has 4 heteroatoms. The maximum Gasteiger partial charge on any atom is 0.126 e. The molecular weight excluding hydrogens is 737 g/mol. The maximum atomic E-state index is 12.5. The van der Waals surface area contributed by atoms with Gasteiger partial charge in [-0.1, -0.05) is 184 Å². The number of phenols is 2. The van der Waals surface area contributed by atoms with Gasteiger partial charge in [-0.25, -0.2) is 0 Å². The van der Waals surface area contributed by atoms with Crippen molar-refractivity contribution in [3.05, 3.63) is 115 Å². The zero-order valence-electron chi connectivity index (χ0n) is 40.2. The van der Waals surface area contributed by atoms with Crippen LogP contribution in [0.2, 0.25) is 0 Å². The van der Waals surface area contributed by atoms with Crippen molar-refractivity contribution in [3.8, 4) is 23.0 Å². The van der Waals surface area contributed by atoms with Gasteiger partial charge in [0.1, 0.15) is 23.0 Å². The fraction of sp³-hybridized carbons (Fsp3) is 0.571. The largest absolute Gasteiger partial charge is 0.507 e. The van der Waals surface area contributed by atoms with Crippen LogP contribution in [0.1, 0.15) is 215 Å². The second kappa shape index (κ2) is 19.0. The average Bonchev–Trinajstić information content (AvgIpc) is 3.13. The third-order valence-corrected chi connectivity index (χ3v) is 12.5. The highest BCUT2D eigenvalue weighted by Gasteiger charge is 2.28. The van der Waals surface area contributed by atoms with Crippen LogP contribution in [0.4, 0.5) is 0 Å². The summed E-state index contributed by atoms with van der Waals surface area (Å²) in [5.74, 6) is 2.46. The van der Waals surface area contributed by atoms with E-state index in [4.69, 9.17) is 9.47 Å². The average molecular weight is 817 g/mol. The molecule has 0 amide bonds. The lowest BCUT2D eigenvalue weighted by Gasteiger charge is -2.28. The van der Waals surface area contributed by atoms with Crippen molar-refractivity contribution in [2.75, 3.05) is 13.2 Å². The third-order valence-electron chi connectivity index (χ3n) is 12.5. The van der Waals surface area contributed by atoms with Crippen molar-refractivity contribution in [2.24, 2.45) is 0 Å². The molecule has 4 aromatic rings. The molecule has 2 N–H and O–H groups in total. The van der Waals surface area contributed by atoms with Crippen molar-refractivity contribution in [1.82, 2.24) is 0 Å². The molecule has 5 rings (SSSR count). The fourth-order valence-corrected chi connectivity index (χ4v) is 8.42. The minimum absolute atomic E-state index is 0.134. The van der Waals surface area contributed by atoms with E-state index in [1.165, 1.54) is 47.9 Å². The predicted molar refractivity (Wildman–Crippen MR) is 254 cm³/mol. The Labute approximate surface area is 365 Å². The molecule has 0 aliphatic heterocycles.